The highest BCUT2D eigenvalue weighted by molar-refractivity contribution is 4.95. The first-order valence-electron chi connectivity index (χ1n) is 10.9. The van der Waals surface area contributed by atoms with E-state index in [9.17, 15) is 40.9 Å². The molecule has 0 saturated carbocycles. The molecule has 0 aromatic rings. The molecule has 0 aliphatic carbocycles. The van der Waals surface area contributed by atoms with E-state index in [2.05, 4.69) is 6.58 Å². The van der Waals surface area contributed by atoms with Crippen molar-refractivity contribution in [2.45, 2.75) is 92.9 Å². The summed E-state index contributed by atoms with van der Waals surface area (Å²) in [6, 6.07) is 0. The Balaban J connectivity index is 1.77. The Hall–Kier alpha value is -0.820. The molecule has 3 saturated heterocycles. The lowest BCUT2D eigenvalue weighted by molar-refractivity contribution is -0.380. The van der Waals surface area contributed by atoms with Gasteiger partial charge < -0.3 is 69.3 Å². The smallest absolute Gasteiger partial charge is 0.187 e. The van der Waals surface area contributed by atoms with Crippen molar-refractivity contribution in [3.8, 4) is 0 Å². The van der Waals surface area contributed by atoms with Crippen LogP contribution in [0.5, 0.6) is 0 Å². The van der Waals surface area contributed by atoms with Crippen LogP contribution in [-0.4, -0.2) is 147 Å². The van der Waals surface area contributed by atoms with E-state index in [1.165, 1.54) is 13.0 Å². The molecule has 3 fully saturated rings. The lowest BCUT2D eigenvalue weighted by atomic mass is 9.97. The Morgan fingerprint density at radius 2 is 1.41 bits per heavy atom. The lowest BCUT2D eigenvalue weighted by Gasteiger charge is -2.47. The van der Waals surface area contributed by atoms with Gasteiger partial charge >= 0.3 is 0 Å². The van der Waals surface area contributed by atoms with Crippen LogP contribution in [0.4, 0.5) is 0 Å². The third-order valence-electron chi connectivity index (χ3n) is 6.02. The van der Waals surface area contributed by atoms with Crippen LogP contribution in [0.15, 0.2) is 12.7 Å². The minimum atomic E-state index is -1.70. The summed E-state index contributed by atoms with van der Waals surface area (Å²) in [5, 5.41) is 81.3. The molecule has 3 aliphatic rings. The largest absolute Gasteiger partial charge is 0.394 e. The molecule has 3 heterocycles. The summed E-state index contributed by atoms with van der Waals surface area (Å²) in [5.41, 5.74) is 0. The molecule has 198 valence electrons. The third kappa shape index (κ3) is 5.77. The SMILES string of the molecule is C=CCO[C@H]1O[C@H](CO)[C@@H](O[C@@H]2O[C@@H](C)[C@H](O)[C@@H](O)[C@H]2O[C@H]2OC[C@H](O)[C@@H](O)[C@@H]2O)[C@H](O)[C@@H]1O. The number of rotatable bonds is 8. The van der Waals surface area contributed by atoms with Crippen LogP contribution < -0.4 is 0 Å². The Morgan fingerprint density at radius 3 is 2.06 bits per heavy atom. The molecular weight excluding hydrogens is 464 g/mol. The minimum Gasteiger partial charge on any atom is -0.394 e. The van der Waals surface area contributed by atoms with Crippen LogP contribution in [0.25, 0.3) is 0 Å². The molecule has 14 atom stereocenters. The van der Waals surface area contributed by atoms with Crippen LogP contribution in [-0.2, 0) is 28.4 Å². The average Bonchev–Trinajstić information content (AvgIpc) is 2.82. The van der Waals surface area contributed by atoms with Gasteiger partial charge in [-0.15, -0.1) is 6.58 Å². The number of aliphatic hydroxyl groups excluding tert-OH is 8. The maximum atomic E-state index is 10.6. The van der Waals surface area contributed by atoms with Gasteiger partial charge in [-0.1, -0.05) is 6.08 Å². The van der Waals surface area contributed by atoms with E-state index in [0.717, 1.165) is 0 Å². The fourth-order valence-electron chi connectivity index (χ4n) is 3.99. The molecule has 14 nitrogen and oxygen atoms in total. The molecule has 3 aliphatic heterocycles. The molecule has 0 bridgehead atoms. The molecule has 8 N–H and O–H groups in total. The number of hydrogen-bond acceptors (Lipinski definition) is 14. The molecule has 34 heavy (non-hydrogen) atoms. The zero-order valence-electron chi connectivity index (χ0n) is 18.5. The monoisotopic (exact) mass is 498 g/mol. The van der Waals surface area contributed by atoms with Crippen LogP contribution in [0.2, 0.25) is 0 Å². The van der Waals surface area contributed by atoms with Gasteiger partial charge in [0.25, 0.3) is 0 Å². The van der Waals surface area contributed by atoms with Crippen molar-refractivity contribution in [2.75, 3.05) is 19.8 Å². The molecule has 3 rings (SSSR count). The summed E-state index contributed by atoms with van der Waals surface area (Å²) in [7, 11) is 0. The number of ether oxygens (including phenoxy) is 6. The van der Waals surface area contributed by atoms with Gasteiger partial charge in [0.2, 0.25) is 0 Å². The quantitative estimate of drug-likeness (QED) is 0.148. The van der Waals surface area contributed by atoms with Crippen molar-refractivity contribution >= 4 is 0 Å². The van der Waals surface area contributed by atoms with Gasteiger partial charge in [0.1, 0.15) is 61.0 Å². The first kappa shape index (κ1) is 27.8. The molecule has 0 aromatic carbocycles. The number of aliphatic hydroxyl groups is 8. The van der Waals surface area contributed by atoms with Gasteiger partial charge in [0.15, 0.2) is 18.9 Å². The number of hydrogen-bond donors (Lipinski definition) is 8. The maximum absolute atomic E-state index is 10.6. The summed E-state index contributed by atoms with van der Waals surface area (Å²) in [5.74, 6) is 0. The first-order chi connectivity index (χ1) is 16.1. The van der Waals surface area contributed by atoms with Gasteiger partial charge in [-0.05, 0) is 6.92 Å². The van der Waals surface area contributed by atoms with Crippen molar-refractivity contribution in [1.29, 1.82) is 0 Å². The zero-order chi connectivity index (χ0) is 25.2. The average molecular weight is 498 g/mol. The summed E-state index contributed by atoms with van der Waals surface area (Å²) in [6.45, 7) is 3.91. The minimum absolute atomic E-state index is 0.00558. The van der Waals surface area contributed by atoms with Crippen LogP contribution in [0.1, 0.15) is 6.92 Å². The molecule has 0 radical (unpaired) electrons. The summed E-state index contributed by atoms with van der Waals surface area (Å²) >= 11 is 0. The topological polar surface area (TPSA) is 217 Å². The fourth-order valence-corrected chi connectivity index (χ4v) is 3.99. The van der Waals surface area contributed by atoms with Crippen molar-refractivity contribution in [1.82, 2.24) is 0 Å². The Labute approximate surface area is 195 Å². The van der Waals surface area contributed by atoms with Gasteiger partial charge in [0.05, 0.1) is 25.9 Å². The standard InChI is InChI=1S/C20H34O14/c1-3-4-29-18-15(28)13(26)16(9(5-21)32-18)33-20-17(12(25)10(23)7(2)31-20)34-19-14(27)11(24)8(22)6-30-19/h3,7-28H,1,4-6H2,2H3/t7-,8-,9+,10-,11+,12+,13+,14-,15-,16+,17+,18-,19+,20-/m0/s1. The van der Waals surface area contributed by atoms with Crippen molar-refractivity contribution < 1.29 is 69.3 Å². The Morgan fingerprint density at radius 1 is 0.794 bits per heavy atom. The molecular formula is C20H34O14. The van der Waals surface area contributed by atoms with E-state index in [1.54, 1.807) is 0 Å². The second kappa shape index (κ2) is 11.9. The van der Waals surface area contributed by atoms with Gasteiger partial charge in [-0.25, -0.2) is 0 Å². The maximum Gasteiger partial charge on any atom is 0.187 e. The fraction of sp³-hybridized carbons (Fsp3) is 0.900. The summed E-state index contributed by atoms with van der Waals surface area (Å²) in [6.07, 6.45) is -18.9. The first-order valence-corrected chi connectivity index (χ1v) is 10.9. The predicted octanol–water partition coefficient (Wildman–Crippen LogP) is -4.70. The summed E-state index contributed by atoms with van der Waals surface area (Å²) < 4.78 is 32.9. The Kier molecular flexibility index (Phi) is 9.75. The highest BCUT2D eigenvalue weighted by Gasteiger charge is 2.52. The van der Waals surface area contributed by atoms with E-state index < -0.39 is 92.6 Å². The normalized spacial score (nSPS) is 50.1. The van der Waals surface area contributed by atoms with E-state index in [4.69, 9.17) is 28.4 Å². The van der Waals surface area contributed by atoms with Crippen molar-refractivity contribution in [2.24, 2.45) is 0 Å². The van der Waals surface area contributed by atoms with E-state index in [-0.39, 0.29) is 13.2 Å². The van der Waals surface area contributed by atoms with E-state index in [1.807, 2.05) is 0 Å². The van der Waals surface area contributed by atoms with E-state index >= 15 is 0 Å². The summed E-state index contributed by atoms with van der Waals surface area (Å²) in [4.78, 5) is 0. The van der Waals surface area contributed by atoms with Crippen molar-refractivity contribution in [3.63, 3.8) is 0 Å². The van der Waals surface area contributed by atoms with Gasteiger partial charge in [-0.3, -0.25) is 0 Å². The van der Waals surface area contributed by atoms with Crippen LogP contribution >= 0.6 is 0 Å². The highest BCUT2D eigenvalue weighted by Crippen LogP contribution is 2.32. The lowest BCUT2D eigenvalue weighted by Crippen LogP contribution is -2.65. The third-order valence-corrected chi connectivity index (χ3v) is 6.02. The predicted molar refractivity (Wildman–Crippen MR) is 108 cm³/mol. The van der Waals surface area contributed by atoms with Crippen LogP contribution in [0, 0.1) is 0 Å². The molecule has 0 spiro atoms. The van der Waals surface area contributed by atoms with E-state index in [0.29, 0.717) is 0 Å². The van der Waals surface area contributed by atoms with Crippen molar-refractivity contribution in [3.05, 3.63) is 12.7 Å². The molecule has 0 unspecified atom stereocenters. The molecule has 14 heteroatoms. The highest BCUT2D eigenvalue weighted by atomic mass is 16.8. The van der Waals surface area contributed by atoms with Gasteiger partial charge in [-0.2, -0.15) is 0 Å². The second-order valence-corrected chi connectivity index (χ2v) is 8.47. The zero-order valence-corrected chi connectivity index (χ0v) is 18.5. The van der Waals surface area contributed by atoms with Crippen LogP contribution in [0.3, 0.4) is 0 Å². The second-order valence-electron chi connectivity index (χ2n) is 8.47. The Bertz CT molecular complexity index is 651. The molecule has 0 aromatic heterocycles. The van der Waals surface area contributed by atoms with Gasteiger partial charge in [0, 0.05) is 0 Å². The molecule has 0 amide bonds.